The molecule has 4 heteroatoms. The molecule has 0 spiro atoms. The van der Waals surface area contributed by atoms with Gasteiger partial charge in [-0.1, -0.05) is 34.6 Å². The summed E-state index contributed by atoms with van der Waals surface area (Å²) in [7, 11) is 0. The van der Waals surface area contributed by atoms with E-state index in [1.807, 2.05) is 0 Å². The number of rotatable bonds is 0. The number of fused-ring (bicyclic) bond motifs is 7. The highest BCUT2D eigenvalue weighted by Gasteiger charge is 2.68. The Bertz CT molecular complexity index is 1040. The van der Waals surface area contributed by atoms with Gasteiger partial charge < -0.3 is 10.2 Å². The number of hydrogen-bond acceptors (Lipinski definition) is 4. The number of Topliss-reactive ketones (excluding diaryl/α,β-unsaturated/α-hetero) is 2. The number of phenolic OH excluding ortho intramolecular Hbond substituents is 2. The zero-order valence-corrected chi connectivity index (χ0v) is 20.5. The molecule has 0 heterocycles. The molecule has 7 atom stereocenters. The van der Waals surface area contributed by atoms with E-state index in [-0.39, 0.29) is 50.8 Å². The highest BCUT2D eigenvalue weighted by atomic mass is 16.3. The molecule has 0 amide bonds. The second-order valence-corrected chi connectivity index (χ2v) is 12.7. The lowest BCUT2D eigenvalue weighted by Gasteiger charge is -2.71. The predicted octanol–water partition coefficient (Wildman–Crippen LogP) is 6.09. The minimum absolute atomic E-state index is 0.0148. The monoisotopic (exact) mass is 438 g/mol. The highest BCUT2D eigenvalue weighted by molar-refractivity contribution is 6.02. The number of aromatic hydroxyl groups is 2. The smallest absolute Gasteiger partial charge is 0.163 e. The molecule has 1 aromatic carbocycles. The lowest BCUT2D eigenvalue weighted by Crippen LogP contribution is -2.65. The zero-order valence-electron chi connectivity index (χ0n) is 20.5. The van der Waals surface area contributed by atoms with E-state index in [1.54, 1.807) is 13.0 Å². The van der Waals surface area contributed by atoms with E-state index in [0.717, 1.165) is 37.7 Å². The molecule has 32 heavy (non-hydrogen) atoms. The molecule has 2 N–H and O–H groups in total. The Hall–Kier alpha value is -1.84. The molecule has 0 unspecified atom stereocenters. The van der Waals surface area contributed by atoms with Crippen LogP contribution >= 0.6 is 0 Å². The Kier molecular flexibility index (Phi) is 4.39. The van der Waals surface area contributed by atoms with Gasteiger partial charge in [0, 0.05) is 29.9 Å². The van der Waals surface area contributed by atoms with Crippen molar-refractivity contribution in [1.29, 1.82) is 0 Å². The van der Waals surface area contributed by atoms with Crippen molar-refractivity contribution in [3.63, 3.8) is 0 Å². The van der Waals surface area contributed by atoms with Gasteiger partial charge in [-0.05, 0) is 84.2 Å². The van der Waals surface area contributed by atoms with Gasteiger partial charge in [-0.25, -0.2) is 0 Å². The highest BCUT2D eigenvalue weighted by Crippen LogP contribution is 2.74. The molecule has 4 nitrogen and oxygen atoms in total. The first-order valence-corrected chi connectivity index (χ1v) is 12.4. The fourth-order valence-electron chi connectivity index (χ4n) is 9.07. The van der Waals surface area contributed by atoms with Crippen LogP contribution in [-0.4, -0.2) is 21.8 Å². The van der Waals surface area contributed by atoms with Crippen molar-refractivity contribution in [1.82, 2.24) is 0 Å². The standard InChI is InChI=1S/C28H38O4/c1-15-11-21-25(3,14-20(15)31)7-9-28(6)22-13-18(29)23-16(2)24(32)19(30)12-17(23)26(22,4)8-10-27(21,28)5/h12,15,21-22,30,32H,7-11,13-14H2,1-6H3/t15-,21-,22+,25+,26+,27+,28-/m1/s1. The molecule has 174 valence electrons. The minimum Gasteiger partial charge on any atom is -0.504 e. The fourth-order valence-corrected chi connectivity index (χ4v) is 9.07. The summed E-state index contributed by atoms with van der Waals surface area (Å²) in [5, 5.41) is 20.8. The molecule has 3 fully saturated rings. The van der Waals surface area contributed by atoms with Gasteiger partial charge in [0.05, 0.1) is 0 Å². The van der Waals surface area contributed by atoms with Crippen LogP contribution in [0.5, 0.6) is 11.5 Å². The van der Waals surface area contributed by atoms with E-state index >= 15 is 0 Å². The molecule has 0 saturated heterocycles. The zero-order chi connectivity index (χ0) is 23.4. The third-order valence-electron chi connectivity index (χ3n) is 11.4. The van der Waals surface area contributed by atoms with Crippen molar-refractivity contribution >= 4 is 11.6 Å². The van der Waals surface area contributed by atoms with Gasteiger partial charge in [0.25, 0.3) is 0 Å². The number of carbonyl (C=O) groups excluding carboxylic acids is 2. The number of hydrogen-bond donors (Lipinski definition) is 2. The summed E-state index contributed by atoms with van der Waals surface area (Å²) in [5.74, 6) is 1.03. The number of carbonyl (C=O) groups is 2. The number of phenols is 2. The van der Waals surface area contributed by atoms with Crippen LogP contribution in [0.15, 0.2) is 6.07 Å². The molecule has 4 aliphatic rings. The summed E-state index contributed by atoms with van der Waals surface area (Å²) >= 11 is 0. The summed E-state index contributed by atoms with van der Waals surface area (Å²) in [6.07, 6.45) is 6.25. The maximum absolute atomic E-state index is 13.5. The third-order valence-corrected chi connectivity index (χ3v) is 11.4. The molecule has 0 aromatic heterocycles. The quantitative estimate of drug-likeness (QED) is 0.481. The molecule has 0 aliphatic heterocycles. The van der Waals surface area contributed by atoms with Gasteiger partial charge in [-0.3, -0.25) is 9.59 Å². The van der Waals surface area contributed by atoms with E-state index < -0.39 is 0 Å². The van der Waals surface area contributed by atoms with Gasteiger partial charge in [0.2, 0.25) is 0 Å². The summed E-state index contributed by atoms with van der Waals surface area (Å²) in [6, 6.07) is 1.67. The number of ketones is 2. The second-order valence-electron chi connectivity index (χ2n) is 12.7. The summed E-state index contributed by atoms with van der Waals surface area (Å²) in [4.78, 5) is 26.2. The number of benzene rings is 1. The molecule has 3 saturated carbocycles. The van der Waals surface area contributed by atoms with Crippen LogP contribution in [0.25, 0.3) is 0 Å². The lowest BCUT2D eigenvalue weighted by atomic mass is 9.33. The van der Waals surface area contributed by atoms with Crippen LogP contribution in [0.3, 0.4) is 0 Å². The van der Waals surface area contributed by atoms with Gasteiger partial charge >= 0.3 is 0 Å². The van der Waals surface area contributed by atoms with Gasteiger partial charge in [0.1, 0.15) is 5.78 Å². The molecule has 4 aliphatic carbocycles. The van der Waals surface area contributed by atoms with Crippen molar-refractivity contribution < 1.29 is 19.8 Å². The Labute approximate surface area is 191 Å². The Morgan fingerprint density at radius 3 is 2.25 bits per heavy atom. The van der Waals surface area contributed by atoms with Crippen molar-refractivity contribution in [2.45, 2.75) is 91.9 Å². The first kappa shape index (κ1) is 22.0. The van der Waals surface area contributed by atoms with Crippen LogP contribution in [0.4, 0.5) is 0 Å². The fraction of sp³-hybridized carbons (Fsp3) is 0.714. The normalized spacial score (nSPS) is 45.5. The average molecular weight is 439 g/mol. The van der Waals surface area contributed by atoms with Crippen LogP contribution in [-0.2, 0) is 10.2 Å². The Balaban J connectivity index is 1.65. The average Bonchev–Trinajstić information content (AvgIpc) is 2.72. The molecule has 5 rings (SSSR count). The van der Waals surface area contributed by atoms with Crippen LogP contribution < -0.4 is 0 Å². The van der Waals surface area contributed by atoms with Gasteiger partial charge in [0.15, 0.2) is 17.3 Å². The van der Waals surface area contributed by atoms with Gasteiger partial charge in [-0.2, -0.15) is 0 Å². The Morgan fingerprint density at radius 2 is 1.56 bits per heavy atom. The first-order valence-electron chi connectivity index (χ1n) is 12.4. The predicted molar refractivity (Wildman–Crippen MR) is 124 cm³/mol. The van der Waals surface area contributed by atoms with Crippen LogP contribution in [0.1, 0.15) is 101 Å². The minimum atomic E-state index is -0.211. The SMILES string of the molecule is Cc1c(O)c(O)cc2c1C(=O)C[C@H]1[C@@]2(C)CC[C@@]2(C)[C@@H]3C[C@@H](C)C(=O)C[C@]3(C)CC[C@]12C. The van der Waals surface area contributed by atoms with Crippen molar-refractivity contribution in [3.05, 3.63) is 22.8 Å². The van der Waals surface area contributed by atoms with Crippen LogP contribution in [0.2, 0.25) is 0 Å². The van der Waals surface area contributed by atoms with Crippen molar-refractivity contribution in [3.8, 4) is 11.5 Å². The maximum Gasteiger partial charge on any atom is 0.163 e. The topological polar surface area (TPSA) is 74.6 Å². The molecule has 1 aromatic rings. The van der Waals surface area contributed by atoms with E-state index in [0.29, 0.717) is 35.7 Å². The summed E-state index contributed by atoms with van der Waals surface area (Å²) in [5.41, 5.74) is 1.97. The summed E-state index contributed by atoms with van der Waals surface area (Å²) in [6.45, 7) is 13.3. The lowest BCUT2D eigenvalue weighted by molar-refractivity contribution is -0.200. The second kappa shape index (κ2) is 6.39. The molecular formula is C28H38O4. The van der Waals surface area contributed by atoms with E-state index in [4.69, 9.17) is 0 Å². The van der Waals surface area contributed by atoms with Crippen molar-refractivity contribution in [2.75, 3.05) is 0 Å². The third kappa shape index (κ3) is 2.45. The first-order chi connectivity index (χ1) is 14.8. The van der Waals surface area contributed by atoms with Crippen LogP contribution in [0, 0.1) is 40.9 Å². The van der Waals surface area contributed by atoms with Crippen molar-refractivity contribution in [2.24, 2.45) is 34.0 Å². The van der Waals surface area contributed by atoms with Gasteiger partial charge in [-0.15, -0.1) is 0 Å². The maximum atomic E-state index is 13.5. The molecule has 0 radical (unpaired) electrons. The van der Waals surface area contributed by atoms with E-state index in [9.17, 15) is 19.8 Å². The Morgan fingerprint density at radius 1 is 0.938 bits per heavy atom. The summed E-state index contributed by atoms with van der Waals surface area (Å²) < 4.78 is 0. The van der Waals surface area contributed by atoms with E-state index in [1.165, 1.54) is 0 Å². The molecular weight excluding hydrogens is 400 g/mol. The molecule has 0 bridgehead atoms. The largest absolute Gasteiger partial charge is 0.504 e. The van der Waals surface area contributed by atoms with E-state index in [2.05, 4.69) is 34.6 Å².